The van der Waals surface area contributed by atoms with Crippen LogP contribution in [-0.4, -0.2) is 43.2 Å². The van der Waals surface area contributed by atoms with Crippen molar-refractivity contribution in [1.82, 2.24) is 21.1 Å². The Morgan fingerprint density at radius 3 is 2.53 bits per heavy atom. The maximum Gasteiger partial charge on any atom is 0.251 e. The number of benzene rings is 2. The van der Waals surface area contributed by atoms with Crippen LogP contribution in [0.2, 0.25) is 5.02 Å². The highest BCUT2D eigenvalue weighted by molar-refractivity contribution is 6.30. The van der Waals surface area contributed by atoms with E-state index in [1.807, 2.05) is 37.3 Å². The van der Waals surface area contributed by atoms with E-state index in [1.54, 1.807) is 7.11 Å². The van der Waals surface area contributed by atoms with Gasteiger partial charge < -0.3 is 10.1 Å². The minimum absolute atomic E-state index is 0.00272. The average molecular weight is 429 g/mol. The number of nitrogens with zero attached hydrogens (tertiary/aromatic N) is 1. The maximum absolute atomic E-state index is 12.7. The molecule has 2 aromatic rings. The summed E-state index contributed by atoms with van der Waals surface area (Å²) >= 11 is 6.00. The van der Waals surface area contributed by atoms with Gasteiger partial charge in [-0.25, -0.2) is 10.9 Å². The van der Waals surface area contributed by atoms with Gasteiger partial charge in [0.05, 0.1) is 13.3 Å². The largest absolute Gasteiger partial charge is 0.497 e. The zero-order valence-corrected chi connectivity index (χ0v) is 18.2. The summed E-state index contributed by atoms with van der Waals surface area (Å²) < 4.78 is 5.23. The second-order valence-electron chi connectivity index (χ2n) is 8.11. The number of halogens is 1. The highest BCUT2D eigenvalue weighted by Crippen LogP contribution is 2.26. The van der Waals surface area contributed by atoms with E-state index in [0.717, 1.165) is 48.7 Å². The molecule has 2 unspecified atom stereocenters. The molecule has 1 amide bonds. The average Bonchev–Trinajstić information content (AvgIpc) is 3.25. The molecule has 2 atom stereocenters. The van der Waals surface area contributed by atoms with Crippen molar-refractivity contribution in [3.8, 4) is 5.75 Å². The van der Waals surface area contributed by atoms with Gasteiger partial charge >= 0.3 is 0 Å². The topological polar surface area (TPSA) is 65.6 Å². The van der Waals surface area contributed by atoms with Gasteiger partial charge in [0.1, 0.15) is 5.75 Å². The third kappa shape index (κ3) is 4.78. The molecule has 4 rings (SSSR count). The molecule has 2 aliphatic heterocycles. The van der Waals surface area contributed by atoms with E-state index in [1.165, 1.54) is 5.56 Å². The molecule has 3 N–H and O–H groups in total. The predicted octanol–water partition coefficient (Wildman–Crippen LogP) is 3.42. The number of carbonyl (C=O) groups is 1. The quantitative estimate of drug-likeness (QED) is 0.681. The Balaban J connectivity index is 1.27. The third-order valence-electron chi connectivity index (χ3n) is 6.14. The molecule has 2 aliphatic rings. The minimum Gasteiger partial charge on any atom is -0.497 e. The molecule has 6 nitrogen and oxygen atoms in total. The highest BCUT2D eigenvalue weighted by atomic mass is 35.5. The van der Waals surface area contributed by atoms with Gasteiger partial charge in [-0.2, -0.15) is 0 Å². The summed E-state index contributed by atoms with van der Waals surface area (Å²) in [5, 5.41) is 3.97. The second-order valence-corrected chi connectivity index (χ2v) is 8.55. The van der Waals surface area contributed by atoms with Gasteiger partial charge in [0.15, 0.2) is 0 Å². The predicted molar refractivity (Wildman–Crippen MR) is 119 cm³/mol. The molecular formula is C23H29ClN4O2. The number of methoxy groups -OCH3 is 1. The van der Waals surface area contributed by atoms with Crippen molar-refractivity contribution in [1.29, 1.82) is 0 Å². The normalized spacial score (nSPS) is 22.8. The van der Waals surface area contributed by atoms with Gasteiger partial charge in [-0.1, -0.05) is 23.7 Å². The lowest BCUT2D eigenvalue weighted by molar-refractivity contribution is 0.0879. The number of hydrogen-bond acceptors (Lipinski definition) is 5. The molecule has 0 aromatic heterocycles. The second kappa shape index (κ2) is 9.35. The van der Waals surface area contributed by atoms with Crippen LogP contribution in [-0.2, 0) is 0 Å². The van der Waals surface area contributed by atoms with E-state index in [-0.39, 0.29) is 18.0 Å². The molecule has 0 bridgehead atoms. The molecule has 0 spiro atoms. The summed E-state index contributed by atoms with van der Waals surface area (Å²) in [5.41, 5.74) is 9.72. The third-order valence-corrected chi connectivity index (χ3v) is 6.39. The summed E-state index contributed by atoms with van der Waals surface area (Å²) in [6.45, 7) is 3.86. The van der Waals surface area contributed by atoms with Crippen LogP contribution < -0.4 is 20.9 Å². The Bertz CT molecular complexity index is 881. The van der Waals surface area contributed by atoms with Gasteiger partial charge in [-0.3, -0.25) is 9.69 Å². The first-order valence-corrected chi connectivity index (χ1v) is 10.9. The number of hydrogen-bond donors (Lipinski definition) is 3. The van der Waals surface area contributed by atoms with Crippen molar-refractivity contribution in [2.75, 3.05) is 20.2 Å². The number of aryl methyl sites for hydroxylation is 1. The first-order valence-electron chi connectivity index (χ1n) is 10.5. The smallest absolute Gasteiger partial charge is 0.251 e. The Hall–Kier alpha value is -2.12. The zero-order valence-electron chi connectivity index (χ0n) is 17.5. The van der Waals surface area contributed by atoms with Crippen LogP contribution in [0.25, 0.3) is 0 Å². The number of carbonyl (C=O) groups excluding carboxylic acids is 1. The fraction of sp³-hybridized carbons (Fsp3) is 0.435. The number of amides is 1. The molecule has 30 heavy (non-hydrogen) atoms. The Morgan fingerprint density at radius 1 is 1.13 bits per heavy atom. The summed E-state index contributed by atoms with van der Waals surface area (Å²) in [6.07, 6.45) is 3.20. The molecule has 2 fully saturated rings. The van der Waals surface area contributed by atoms with Gasteiger partial charge in [-0.05, 0) is 67.6 Å². The van der Waals surface area contributed by atoms with Crippen molar-refractivity contribution in [3.63, 3.8) is 0 Å². The van der Waals surface area contributed by atoms with E-state index in [9.17, 15) is 4.79 Å². The Morgan fingerprint density at radius 2 is 1.87 bits per heavy atom. The van der Waals surface area contributed by atoms with E-state index >= 15 is 0 Å². The van der Waals surface area contributed by atoms with Crippen molar-refractivity contribution in [2.45, 2.75) is 44.4 Å². The fourth-order valence-corrected chi connectivity index (χ4v) is 4.46. The van der Waals surface area contributed by atoms with Crippen LogP contribution >= 0.6 is 11.6 Å². The van der Waals surface area contributed by atoms with E-state index in [0.29, 0.717) is 11.7 Å². The van der Waals surface area contributed by atoms with E-state index in [4.69, 9.17) is 16.3 Å². The summed E-state index contributed by atoms with van der Waals surface area (Å²) in [4.78, 5) is 15.2. The zero-order chi connectivity index (χ0) is 21.1. The van der Waals surface area contributed by atoms with Crippen molar-refractivity contribution < 1.29 is 9.53 Å². The van der Waals surface area contributed by atoms with Crippen LogP contribution in [0.5, 0.6) is 5.75 Å². The Kier molecular flexibility index (Phi) is 6.58. The molecule has 2 heterocycles. The first-order chi connectivity index (χ1) is 14.5. The highest BCUT2D eigenvalue weighted by Gasteiger charge is 2.32. The molecule has 0 saturated carbocycles. The lowest BCUT2D eigenvalue weighted by Gasteiger charge is -2.36. The molecule has 2 saturated heterocycles. The van der Waals surface area contributed by atoms with Crippen molar-refractivity contribution in [2.24, 2.45) is 0 Å². The molecule has 7 heteroatoms. The first kappa shape index (κ1) is 21.1. The number of likely N-dealkylation sites (tertiary alicyclic amines) is 1. The standard InChI is InChI=1S/C23H29ClN4O2/c1-15-13-19(30-2)7-8-20(15)23(29)25-18-9-11-28(12-10-18)22-14-21(26-27-22)16-3-5-17(24)6-4-16/h3-8,13,18,21-22,26-27H,9-12,14H2,1-2H3,(H,25,29). The number of nitrogens with one attached hydrogen (secondary N) is 3. The van der Waals surface area contributed by atoms with Gasteiger partial charge in [0.25, 0.3) is 5.91 Å². The summed E-state index contributed by atoms with van der Waals surface area (Å²) in [6, 6.07) is 14.1. The monoisotopic (exact) mass is 428 g/mol. The van der Waals surface area contributed by atoms with Crippen LogP contribution in [0.15, 0.2) is 42.5 Å². The fourth-order valence-electron chi connectivity index (χ4n) is 4.33. The number of hydrazine groups is 1. The molecular weight excluding hydrogens is 400 g/mol. The number of ether oxygens (including phenoxy) is 1. The van der Waals surface area contributed by atoms with Gasteiger partial charge in [0.2, 0.25) is 0 Å². The van der Waals surface area contributed by atoms with E-state index < -0.39 is 0 Å². The SMILES string of the molecule is COc1ccc(C(=O)NC2CCN(C3CC(c4ccc(Cl)cc4)NN3)CC2)c(C)c1. The van der Waals surface area contributed by atoms with Crippen LogP contribution in [0.1, 0.15) is 46.8 Å². The number of rotatable bonds is 5. The molecule has 2 aromatic carbocycles. The maximum atomic E-state index is 12.7. The summed E-state index contributed by atoms with van der Waals surface area (Å²) in [7, 11) is 1.63. The summed E-state index contributed by atoms with van der Waals surface area (Å²) in [5.74, 6) is 0.768. The number of piperidine rings is 1. The molecule has 0 aliphatic carbocycles. The molecule has 0 radical (unpaired) electrons. The van der Waals surface area contributed by atoms with Crippen molar-refractivity contribution >= 4 is 17.5 Å². The lowest BCUT2D eigenvalue weighted by atomic mass is 10.0. The van der Waals surface area contributed by atoms with Crippen LogP contribution in [0, 0.1) is 6.92 Å². The van der Waals surface area contributed by atoms with E-state index in [2.05, 4.69) is 33.2 Å². The van der Waals surface area contributed by atoms with Gasteiger partial charge in [-0.15, -0.1) is 0 Å². The lowest BCUT2D eigenvalue weighted by Crippen LogP contribution is -2.51. The Labute approximate surface area is 182 Å². The van der Waals surface area contributed by atoms with Crippen LogP contribution in [0.4, 0.5) is 0 Å². The molecule has 160 valence electrons. The van der Waals surface area contributed by atoms with Crippen molar-refractivity contribution in [3.05, 3.63) is 64.2 Å². The van der Waals surface area contributed by atoms with Gasteiger partial charge in [0, 0.05) is 35.8 Å². The minimum atomic E-state index is -0.00272. The van der Waals surface area contributed by atoms with Crippen LogP contribution in [0.3, 0.4) is 0 Å².